The maximum Gasteiger partial charge on any atom is 0.338 e. The van der Waals surface area contributed by atoms with E-state index in [1.807, 2.05) is 0 Å². The van der Waals surface area contributed by atoms with Gasteiger partial charge in [0.1, 0.15) is 0 Å². The van der Waals surface area contributed by atoms with Crippen LogP contribution in [0.1, 0.15) is 27.6 Å². The molecule has 0 amide bonds. The van der Waals surface area contributed by atoms with Gasteiger partial charge in [-0.25, -0.2) is 9.59 Å². The molecule has 5 atom stereocenters. The van der Waals surface area contributed by atoms with Gasteiger partial charge in [0.15, 0.2) is 18.5 Å². The van der Waals surface area contributed by atoms with Crippen LogP contribution in [-0.2, 0) is 14.2 Å². The number of benzene rings is 2. The molecular formula is C20H21NO6. The third-order valence-electron chi connectivity index (χ3n) is 4.39. The molecule has 7 heteroatoms. The highest BCUT2D eigenvalue weighted by atomic mass is 16.7. The summed E-state index contributed by atoms with van der Waals surface area (Å²) < 4.78 is 16.2. The van der Waals surface area contributed by atoms with Crippen LogP contribution in [-0.4, -0.2) is 47.7 Å². The lowest BCUT2D eigenvalue weighted by molar-refractivity contribution is -0.248. The van der Waals surface area contributed by atoms with Gasteiger partial charge in [-0.3, -0.25) is 0 Å². The predicted octanol–water partition coefficient (Wildman–Crippen LogP) is 1.50. The van der Waals surface area contributed by atoms with Gasteiger partial charge in [0.25, 0.3) is 0 Å². The zero-order valence-electron chi connectivity index (χ0n) is 14.7. The minimum atomic E-state index is -1.47. The lowest BCUT2D eigenvalue weighted by atomic mass is 9.97. The molecule has 7 nitrogen and oxygen atoms in total. The number of hydrogen-bond donors (Lipinski definition) is 2. The van der Waals surface area contributed by atoms with Crippen molar-refractivity contribution < 1.29 is 28.9 Å². The summed E-state index contributed by atoms with van der Waals surface area (Å²) >= 11 is 0. The summed E-state index contributed by atoms with van der Waals surface area (Å²) in [6.07, 6.45) is -4.39. The molecule has 27 heavy (non-hydrogen) atoms. The molecule has 0 bridgehead atoms. The van der Waals surface area contributed by atoms with Crippen molar-refractivity contribution in [2.45, 2.75) is 37.6 Å². The number of ether oxygens (including phenoxy) is 3. The van der Waals surface area contributed by atoms with E-state index in [1.54, 1.807) is 67.6 Å². The minimum Gasteiger partial charge on any atom is -0.453 e. The van der Waals surface area contributed by atoms with Crippen LogP contribution in [0.4, 0.5) is 0 Å². The van der Waals surface area contributed by atoms with Gasteiger partial charge < -0.3 is 25.1 Å². The van der Waals surface area contributed by atoms with Crippen molar-refractivity contribution in [3.63, 3.8) is 0 Å². The fourth-order valence-electron chi connectivity index (χ4n) is 2.84. The Morgan fingerprint density at radius 1 is 0.889 bits per heavy atom. The van der Waals surface area contributed by atoms with Crippen molar-refractivity contribution >= 4 is 11.9 Å². The van der Waals surface area contributed by atoms with Crippen LogP contribution in [0.2, 0.25) is 0 Å². The summed E-state index contributed by atoms with van der Waals surface area (Å²) in [7, 11) is 0. The molecule has 1 aliphatic rings. The van der Waals surface area contributed by atoms with Crippen molar-refractivity contribution in [1.29, 1.82) is 0 Å². The molecule has 3 rings (SSSR count). The van der Waals surface area contributed by atoms with Crippen LogP contribution >= 0.6 is 0 Å². The Balaban J connectivity index is 1.80. The molecule has 0 aliphatic carbocycles. The molecule has 0 unspecified atom stereocenters. The summed E-state index contributed by atoms with van der Waals surface area (Å²) in [5.41, 5.74) is 6.73. The highest BCUT2D eigenvalue weighted by molar-refractivity contribution is 5.90. The number of carbonyl (C=O) groups excluding carboxylic acids is 2. The van der Waals surface area contributed by atoms with Crippen LogP contribution in [0.5, 0.6) is 0 Å². The molecule has 0 aromatic heterocycles. The van der Waals surface area contributed by atoms with Crippen LogP contribution in [0.25, 0.3) is 0 Å². The van der Waals surface area contributed by atoms with E-state index in [-0.39, 0.29) is 0 Å². The zero-order chi connectivity index (χ0) is 19.4. The summed E-state index contributed by atoms with van der Waals surface area (Å²) in [5.74, 6) is -1.30. The first-order valence-corrected chi connectivity index (χ1v) is 8.58. The van der Waals surface area contributed by atoms with Crippen molar-refractivity contribution in [1.82, 2.24) is 0 Å². The van der Waals surface area contributed by atoms with E-state index in [0.29, 0.717) is 11.1 Å². The lowest BCUT2D eigenvalue weighted by Crippen LogP contribution is -2.62. The maximum atomic E-state index is 12.4. The fourth-order valence-corrected chi connectivity index (χ4v) is 2.84. The van der Waals surface area contributed by atoms with E-state index in [9.17, 15) is 14.7 Å². The first-order chi connectivity index (χ1) is 13.0. The molecule has 1 heterocycles. The zero-order valence-corrected chi connectivity index (χ0v) is 14.7. The predicted molar refractivity (Wildman–Crippen MR) is 95.8 cm³/mol. The van der Waals surface area contributed by atoms with E-state index >= 15 is 0 Å². The van der Waals surface area contributed by atoms with Gasteiger partial charge in [-0.1, -0.05) is 36.4 Å². The SMILES string of the molecule is C[C@H]1O[C@@H](O)[C@H](OC(=O)c2ccccc2)[C@@H](OC(=O)c2ccccc2)[C@@H]1N. The summed E-state index contributed by atoms with van der Waals surface area (Å²) in [6, 6.07) is 15.9. The third kappa shape index (κ3) is 4.33. The quantitative estimate of drug-likeness (QED) is 0.784. The minimum absolute atomic E-state index is 0.296. The van der Waals surface area contributed by atoms with Crippen molar-refractivity contribution in [2.24, 2.45) is 5.73 Å². The molecule has 2 aromatic carbocycles. The van der Waals surface area contributed by atoms with Gasteiger partial charge in [-0.05, 0) is 31.2 Å². The Hall–Kier alpha value is -2.74. The Morgan fingerprint density at radius 2 is 1.33 bits per heavy atom. The second-order valence-corrected chi connectivity index (χ2v) is 6.28. The number of rotatable bonds is 4. The molecule has 1 aliphatic heterocycles. The summed E-state index contributed by atoms with van der Waals surface area (Å²) in [6.45, 7) is 1.65. The van der Waals surface area contributed by atoms with Gasteiger partial charge >= 0.3 is 11.9 Å². The first kappa shape index (κ1) is 19.0. The molecule has 0 saturated carbocycles. The molecule has 0 radical (unpaired) electrons. The molecule has 1 fully saturated rings. The Kier molecular flexibility index (Phi) is 5.85. The van der Waals surface area contributed by atoms with Gasteiger partial charge in [0.05, 0.1) is 23.3 Å². The lowest BCUT2D eigenvalue weighted by Gasteiger charge is -2.41. The number of hydrogen-bond acceptors (Lipinski definition) is 7. The maximum absolute atomic E-state index is 12.4. The van der Waals surface area contributed by atoms with Gasteiger partial charge in [-0.15, -0.1) is 0 Å². The topological polar surface area (TPSA) is 108 Å². The highest BCUT2D eigenvalue weighted by Crippen LogP contribution is 2.25. The van der Waals surface area contributed by atoms with E-state index in [1.165, 1.54) is 0 Å². The Bertz CT molecular complexity index is 782. The molecule has 142 valence electrons. The average molecular weight is 371 g/mol. The second-order valence-electron chi connectivity index (χ2n) is 6.28. The van der Waals surface area contributed by atoms with E-state index in [2.05, 4.69) is 0 Å². The third-order valence-corrected chi connectivity index (χ3v) is 4.39. The van der Waals surface area contributed by atoms with Crippen molar-refractivity contribution in [3.05, 3.63) is 71.8 Å². The largest absolute Gasteiger partial charge is 0.453 e. The molecular weight excluding hydrogens is 350 g/mol. The normalized spacial score (nSPS) is 27.6. The second kappa shape index (κ2) is 8.30. The van der Waals surface area contributed by atoms with Gasteiger partial charge in [0.2, 0.25) is 0 Å². The van der Waals surface area contributed by atoms with Crippen LogP contribution in [0, 0.1) is 0 Å². The van der Waals surface area contributed by atoms with Crippen molar-refractivity contribution in [3.8, 4) is 0 Å². The molecule has 0 spiro atoms. The highest BCUT2D eigenvalue weighted by Gasteiger charge is 2.47. The number of carbonyl (C=O) groups is 2. The van der Waals surface area contributed by atoms with E-state index < -0.39 is 42.6 Å². The smallest absolute Gasteiger partial charge is 0.338 e. The number of aliphatic hydroxyl groups excluding tert-OH is 1. The first-order valence-electron chi connectivity index (χ1n) is 8.58. The van der Waals surface area contributed by atoms with E-state index in [4.69, 9.17) is 19.9 Å². The monoisotopic (exact) mass is 371 g/mol. The van der Waals surface area contributed by atoms with Gasteiger partial charge in [-0.2, -0.15) is 0 Å². The fraction of sp³-hybridized carbons (Fsp3) is 0.300. The number of nitrogens with two attached hydrogens (primary N) is 1. The summed E-state index contributed by atoms with van der Waals surface area (Å²) in [4.78, 5) is 24.8. The average Bonchev–Trinajstić information content (AvgIpc) is 2.69. The van der Waals surface area contributed by atoms with Gasteiger partial charge in [0, 0.05) is 0 Å². The standard InChI is InChI=1S/C20H21NO6/c1-12-15(21)16(26-18(22)13-8-4-2-5-9-13)17(20(24)25-12)27-19(23)14-10-6-3-7-11-14/h2-12,15-17,20,24H,21H2,1H3/t12-,15-,16+,17-,20-/m1/s1. The van der Waals surface area contributed by atoms with Crippen LogP contribution in [0.3, 0.4) is 0 Å². The number of aliphatic hydroxyl groups is 1. The Morgan fingerprint density at radius 3 is 1.81 bits per heavy atom. The van der Waals surface area contributed by atoms with Crippen LogP contribution < -0.4 is 5.73 Å². The van der Waals surface area contributed by atoms with Crippen LogP contribution in [0.15, 0.2) is 60.7 Å². The van der Waals surface area contributed by atoms with E-state index in [0.717, 1.165) is 0 Å². The van der Waals surface area contributed by atoms with Crippen molar-refractivity contribution in [2.75, 3.05) is 0 Å². The summed E-state index contributed by atoms with van der Waals surface area (Å²) in [5, 5.41) is 10.3. The number of esters is 2. The Labute approximate surface area is 156 Å². The molecule has 3 N–H and O–H groups in total. The molecule has 1 saturated heterocycles. The molecule has 2 aromatic rings.